The predicted molar refractivity (Wildman–Crippen MR) is 75.6 cm³/mol. The zero-order valence-corrected chi connectivity index (χ0v) is 13.1. The molecule has 2 rings (SSSR count). The van der Waals surface area contributed by atoms with Gasteiger partial charge in [0, 0.05) is 11.1 Å². The molecule has 0 aliphatic carbocycles. The Balaban J connectivity index is 2.45. The van der Waals surface area contributed by atoms with E-state index in [1.54, 1.807) is 0 Å². The maximum Gasteiger partial charge on any atom is 0.458 e. The second kappa shape index (κ2) is 6.72. The number of hydrogen-bond donors (Lipinski definition) is 0. The van der Waals surface area contributed by atoms with Crippen LogP contribution in [0.1, 0.15) is 22.3 Å². The minimum atomic E-state index is -5.89. The van der Waals surface area contributed by atoms with E-state index in [1.807, 2.05) is 0 Å². The summed E-state index contributed by atoms with van der Waals surface area (Å²) in [5.41, 5.74) is -3.66. The van der Waals surface area contributed by atoms with Crippen LogP contribution < -0.4 is 0 Å². The molecule has 2 aromatic rings. The lowest BCUT2D eigenvalue weighted by Crippen LogP contribution is -2.34. The molecular weight excluding hydrogens is 394 g/mol. The fourth-order valence-electron chi connectivity index (χ4n) is 2.39. The van der Waals surface area contributed by atoms with Crippen molar-refractivity contribution in [3.8, 4) is 0 Å². The second-order valence-electron chi connectivity index (χ2n) is 5.68. The predicted octanol–water partition coefficient (Wildman–Crippen LogP) is 6.59. The molecule has 10 heteroatoms. The SMILES string of the molecule is FC(F)(F)C(F)(F)c1cccc(Cc2ccccc2C(F)(F)C(F)(F)F)c1. The van der Waals surface area contributed by atoms with Crippen LogP contribution >= 0.6 is 0 Å². The Morgan fingerprint density at radius 1 is 0.593 bits per heavy atom. The van der Waals surface area contributed by atoms with E-state index in [0.717, 1.165) is 30.3 Å². The molecular formula is C17H10F10. The molecule has 0 aromatic heterocycles. The summed E-state index contributed by atoms with van der Waals surface area (Å²) in [5.74, 6) is -10.4. The highest BCUT2D eigenvalue weighted by Gasteiger charge is 2.60. The van der Waals surface area contributed by atoms with Crippen molar-refractivity contribution in [2.24, 2.45) is 0 Å². The van der Waals surface area contributed by atoms with Crippen molar-refractivity contribution in [2.45, 2.75) is 30.6 Å². The van der Waals surface area contributed by atoms with E-state index in [9.17, 15) is 43.9 Å². The Kier molecular flexibility index (Phi) is 5.24. The van der Waals surface area contributed by atoms with Gasteiger partial charge in [0.2, 0.25) is 0 Å². The molecule has 0 spiro atoms. The molecule has 0 radical (unpaired) electrons. The average Bonchev–Trinajstić information content (AvgIpc) is 2.53. The van der Waals surface area contributed by atoms with Gasteiger partial charge in [-0.25, -0.2) is 0 Å². The molecule has 0 saturated heterocycles. The van der Waals surface area contributed by atoms with Crippen LogP contribution in [-0.4, -0.2) is 12.4 Å². The summed E-state index contributed by atoms with van der Waals surface area (Å²) in [7, 11) is 0. The van der Waals surface area contributed by atoms with Gasteiger partial charge in [0.1, 0.15) is 0 Å². The first kappa shape index (κ1) is 21.0. The number of hydrogen-bond acceptors (Lipinski definition) is 0. The Hall–Kier alpha value is -2.26. The highest BCUT2D eigenvalue weighted by molar-refractivity contribution is 5.38. The van der Waals surface area contributed by atoms with Crippen LogP contribution in [0.15, 0.2) is 48.5 Å². The molecule has 0 N–H and O–H groups in total. The molecule has 0 fully saturated rings. The van der Waals surface area contributed by atoms with Gasteiger partial charge >= 0.3 is 24.2 Å². The fraction of sp³-hybridized carbons (Fsp3) is 0.294. The maximum atomic E-state index is 13.7. The van der Waals surface area contributed by atoms with Crippen molar-refractivity contribution in [2.75, 3.05) is 0 Å². The second-order valence-corrected chi connectivity index (χ2v) is 5.68. The fourth-order valence-corrected chi connectivity index (χ4v) is 2.39. The van der Waals surface area contributed by atoms with E-state index in [-0.39, 0.29) is 5.56 Å². The summed E-state index contributed by atoms with van der Waals surface area (Å²) >= 11 is 0. The van der Waals surface area contributed by atoms with Gasteiger partial charge in [-0.2, -0.15) is 43.9 Å². The zero-order chi connectivity index (χ0) is 20.7. The molecule has 2 aromatic carbocycles. The summed E-state index contributed by atoms with van der Waals surface area (Å²) in [6.07, 6.45) is -12.5. The summed E-state index contributed by atoms with van der Waals surface area (Å²) < 4.78 is 129. The Bertz CT molecular complexity index is 802. The van der Waals surface area contributed by atoms with Crippen LogP contribution in [0.5, 0.6) is 0 Å². The van der Waals surface area contributed by atoms with Crippen molar-refractivity contribution in [1.82, 2.24) is 0 Å². The maximum absolute atomic E-state index is 13.7. The van der Waals surface area contributed by atoms with Crippen molar-refractivity contribution in [1.29, 1.82) is 0 Å². The van der Waals surface area contributed by atoms with E-state index in [1.165, 1.54) is 0 Å². The Morgan fingerprint density at radius 2 is 1.15 bits per heavy atom. The summed E-state index contributed by atoms with van der Waals surface area (Å²) in [5, 5.41) is 0. The molecule has 0 aliphatic heterocycles. The molecule has 27 heavy (non-hydrogen) atoms. The van der Waals surface area contributed by atoms with Crippen molar-refractivity contribution in [3.05, 3.63) is 70.8 Å². The van der Waals surface area contributed by atoms with E-state index >= 15 is 0 Å². The highest BCUT2D eigenvalue weighted by Crippen LogP contribution is 2.46. The lowest BCUT2D eigenvalue weighted by atomic mass is 9.94. The van der Waals surface area contributed by atoms with Crippen LogP contribution in [0.4, 0.5) is 43.9 Å². The average molecular weight is 404 g/mol. The molecule has 0 bridgehead atoms. The minimum Gasteiger partial charge on any atom is -0.191 e. The quantitative estimate of drug-likeness (QED) is 0.505. The minimum absolute atomic E-state index is 0.276. The lowest BCUT2D eigenvalue weighted by molar-refractivity contribution is -0.289. The summed E-state index contributed by atoms with van der Waals surface area (Å²) in [6, 6.07) is 6.35. The Morgan fingerprint density at radius 3 is 1.70 bits per heavy atom. The largest absolute Gasteiger partial charge is 0.458 e. The van der Waals surface area contributed by atoms with Crippen LogP contribution in [0.25, 0.3) is 0 Å². The first-order chi connectivity index (χ1) is 12.2. The summed E-state index contributed by atoms with van der Waals surface area (Å²) in [4.78, 5) is 0. The van der Waals surface area contributed by atoms with Gasteiger partial charge in [-0.15, -0.1) is 0 Å². The smallest absolute Gasteiger partial charge is 0.191 e. The summed E-state index contributed by atoms with van der Waals surface area (Å²) in [6.45, 7) is 0. The lowest BCUT2D eigenvalue weighted by Gasteiger charge is -2.23. The van der Waals surface area contributed by atoms with Crippen molar-refractivity contribution in [3.63, 3.8) is 0 Å². The number of halogens is 10. The van der Waals surface area contributed by atoms with E-state index in [0.29, 0.717) is 18.2 Å². The molecule has 0 heterocycles. The zero-order valence-electron chi connectivity index (χ0n) is 13.1. The monoisotopic (exact) mass is 404 g/mol. The number of alkyl halides is 10. The van der Waals surface area contributed by atoms with Gasteiger partial charge in [0.25, 0.3) is 0 Å². The first-order valence-corrected chi connectivity index (χ1v) is 7.25. The van der Waals surface area contributed by atoms with Gasteiger partial charge in [-0.05, 0) is 23.6 Å². The number of rotatable bonds is 4. The van der Waals surface area contributed by atoms with Crippen LogP contribution in [0, 0.1) is 0 Å². The molecule has 0 amide bonds. The highest BCUT2D eigenvalue weighted by atomic mass is 19.4. The standard InChI is InChI=1S/C17H10F10/c18-14(19,16(22,23)24)12-6-3-4-10(9-12)8-11-5-1-2-7-13(11)15(20,21)17(25,26)27/h1-7,9H,8H2. The molecule has 0 unspecified atom stereocenters. The van der Waals surface area contributed by atoms with Gasteiger partial charge in [-0.1, -0.05) is 42.5 Å². The third kappa shape index (κ3) is 4.03. The molecule has 0 atom stereocenters. The Labute approximate surface area is 146 Å². The van der Waals surface area contributed by atoms with Gasteiger partial charge in [0.15, 0.2) is 0 Å². The van der Waals surface area contributed by atoms with Gasteiger partial charge in [-0.3, -0.25) is 0 Å². The van der Waals surface area contributed by atoms with Crippen molar-refractivity contribution >= 4 is 0 Å². The third-order valence-electron chi connectivity index (χ3n) is 3.75. The molecule has 148 valence electrons. The first-order valence-electron chi connectivity index (χ1n) is 7.25. The molecule has 0 nitrogen and oxygen atoms in total. The van der Waals surface area contributed by atoms with E-state index in [4.69, 9.17) is 0 Å². The molecule has 0 saturated carbocycles. The van der Waals surface area contributed by atoms with E-state index in [2.05, 4.69) is 0 Å². The van der Waals surface area contributed by atoms with Crippen LogP contribution in [0.2, 0.25) is 0 Å². The third-order valence-corrected chi connectivity index (χ3v) is 3.75. The van der Waals surface area contributed by atoms with Crippen LogP contribution in [0.3, 0.4) is 0 Å². The van der Waals surface area contributed by atoms with Crippen LogP contribution in [-0.2, 0) is 18.3 Å². The van der Waals surface area contributed by atoms with Gasteiger partial charge < -0.3 is 0 Å². The molecule has 0 aliphatic rings. The van der Waals surface area contributed by atoms with Crippen molar-refractivity contribution < 1.29 is 43.9 Å². The number of benzene rings is 2. The normalized spacial score (nSPS) is 13.7. The topological polar surface area (TPSA) is 0 Å². The van der Waals surface area contributed by atoms with Gasteiger partial charge in [0.05, 0.1) is 0 Å². The van der Waals surface area contributed by atoms with E-state index < -0.39 is 47.3 Å².